The summed E-state index contributed by atoms with van der Waals surface area (Å²) in [5.41, 5.74) is 0.896. The molecular formula is C15H26N2O2. The van der Waals surface area contributed by atoms with E-state index in [1.807, 2.05) is 26.1 Å². The number of nitrogens with one attached hydrogen (secondary N) is 1. The van der Waals surface area contributed by atoms with Crippen molar-refractivity contribution >= 4 is 0 Å². The number of hydrogen-bond acceptors (Lipinski definition) is 4. The Labute approximate surface area is 116 Å². The number of ether oxygens (including phenoxy) is 2. The van der Waals surface area contributed by atoms with Gasteiger partial charge in [-0.05, 0) is 31.5 Å². The lowest BCUT2D eigenvalue weighted by Crippen LogP contribution is -2.41. The molecule has 0 radical (unpaired) electrons. The van der Waals surface area contributed by atoms with Crippen LogP contribution in [0.1, 0.15) is 39.4 Å². The summed E-state index contributed by atoms with van der Waals surface area (Å²) in [7, 11) is 3.59. The molecule has 0 fully saturated rings. The molecule has 0 aliphatic heterocycles. The molecule has 0 aliphatic carbocycles. The van der Waals surface area contributed by atoms with E-state index in [0.717, 1.165) is 11.4 Å². The van der Waals surface area contributed by atoms with Gasteiger partial charge in [0.2, 0.25) is 0 Å². The van der Waals surface area contributed by atoms with E-state index in [2.05, 4.69) is 31.1 Å². The van der Waals surface area contributed by atoms with E-state index in [9.17, 15) is 0 Å². The molecule has 1 heterocycles. The number of nitrogens with zero attached hydrogens (tertiary/aromatic N) is 1. The number of pyridine rings is 1. The van der Waals surface area contributed by atoms with Crippen molar-refractivity contribution in [2.45, 2.75) is 39.8 Å². The highest BCUT2D eigenvalue weighted by Crippen LogP contribution is 2.35. The van der Waals surface area contributed by atoms with Crippen molar-refractivity contribution in [2.75, 3.05) is 20.8 Å². The zero-order valence-electron chi connectivity index (χ0n) is 12.9. The van der Waals surface area contributed by atoms with Gasteiger partial charge < -0.3 is 14.8 Å². The van der Waals surface area contributed by atoms with Crippen LogP contribution in [-0.4, -0.2) is 31.9 Å². The third-order valence-corrected chi connectivity index (χ3v) is 3.13. The molecule has 4 nitrogen and oxygen atoms in total. The van der Waals surface area contributed by atoms with Gasteiger partial charge in [-0.15, -0.1) is 0 Å². The fourth-order valence-electron chi connectivity index (χ4n) is 2.27. The Morgan fingerprint density at radius 3 is 2.53 bits per heavy atom. The zero-order valence-corrected chi connectivity index (χ0v) is 12.9. The number of hydrogen-bond donors (Lipinski definition) is 1. The van der Waals surface area contributed by atoms with Crippen molar-refractivity contribution in [3.63, 3.8) is 0 Å². The molecule has 2 unspecified atom stereocenters. The highest BCUT2D eigenvalue weighted by Gasteiger charge is 2.35. The number of rotatable bonds is 6. The Bertz CT molecular complexity index is 388. The van der Waals surface area contributed by atoms with E-state index < -0.39 is 0 Å². The van der Waals surface area contributed by atoms with E-state index in [4.69, 9.17) is 9.47 Å². The quantitative estimate of drug-likeness (QED) is 0.860. The van der Waals surface area contributed by atoms with Crippen molar-refractivity contribution < 1.29 is 9.47 Å². The molecule has 0 amide bonds. The topological polar surface area (TPSA) is 43.4 Å². The van der Waals surface area contributed by atoms with Crippen molar-refractivity contribution in [1.29, 1.82) is 0 Å². The first-order valence-electron chi connectivity index (χ1n) is 6.73. The Morgan fingerprint density at radius 1 is 1.37 bits per heavy atom. The molecule has 0 aromatic carbocycles. The SMILES string of the molecule is CCOC(C(NC)c1ncccc1OC)C(C)(C)C. The molecule has 0 saturated heterocycles. The van der Waals surface area contributed by atoms with Crippen LogP contribution >= 0.6 is 0 Å². The maximum atomic E-state index is 5.96. The first kappa shape index (κ1) is 15.9. The van der Waals surface area contributed by atoms with Crippen molar-refractivity contribution in [3.05, 3.63) is 24.0 Å². The van der Waals surface area contributed by atoms with Crippen LogP contribution in [-0.2, 0) is 4.74 Å². The maximum absolute atomic E-state index is 5.96. The van der Waals surface area contributed by atoms with Crippen LogP contribution < -0.4 is 10.1 Å². The molecule has 1 N–H and O–H groups in total. The summed E-state index contributed by atoms with van der Waals surface area (Å²) < 4.78 is 11.4. The molecule has 0 bridgehead atoms. The summed E-state index contributed by atoms with van der Waals surface area (Å²) >= 11 is 0. The lowest BCUT2D eigenvalue weighted by atomic mass is 9.83. The lowest BCUT2D eigenvalue weighted by Gasteiger charge is -2.36. The molecule has 2 atom stereocenters. The minimum absolute atomic E-state index is 0.00361. The molecule has 0 saturated carbocycles. The maximum Gasteiger partial charge on any atom is 0.142 e. The minimum atomic E-state index is -0.00361. The summed E-state index contributed by atoms with van der Waals surface area (Å²) in [6, 6.07) is 3.80. The van der Waals surface area contributed by atoms with Crippen LogP contribution in [0.5, 0.6) is 5.75 Å². The first-order chi connectivity index (χ1) is 8.95. The molecule has 1 rings (SSSR count). The predicted molar refractivity (Wildman–Crippen MR) is 77.5 cm³/mol. The standard InChI is InChI=1S/C15H26N2O2/c1-7-19-14(15(2,3)4)13(16-5)12-11(18-6)9-8-10-17-12/h8-10,13-14,16H,7H2,1-6H3. The lowest BCUT2D eigenvalue weighted by molar-refractivity contribution is -0.0363. The summed E-state index contributed by atoms with van der Waals surface area (Å²) in [5.74, 6) is 0.788. The van der Waals surface area contributed by atoms with Crippen molar-refractivity contribution in [3.8, 4) is 5.75 Å². The minimum Gasteiger partial charge on any atom is -0.495 e. The Kier molecular flexibility index (Phi) is 5.76. The molecule has 1 aromatic heterocycles. The Balaban J connectivity index is 3.16. The molecular weight excluding hydrogens is 240 g/mol. The number of aromatic nitrogens is 1. The summed E-state index contributed by atoms with van der Waals surface area (Å²) in [6.45, 7) is 9.21. The molecule has 4 heteroatoms. The highest BCUT2D eigenvalue weighted by molar-refractivity contribution is 5.30. The second-order valence-electron chi connectivity index (χ2n) is 5.60. The van der Waals surface area contributed by atoms with Gasteiger partial charge in [0.05, 0.1) is 19.3 Å². The predicted octanol–water partition coefficient (Wildman–Crippen LogP) is 2.80. The highest BCUT2D eigenvalue weighted by atomic mass is 16.5. The van der Waals surface area contributed by atoms with Gasteiger partial charge in [0.25, 0.3) is 0 Å². The normalized spacial score (nSPS) is 15.1. The molecule has 19 heavy (non-hydrogen) atoms. The van der Waals surface area contributed by atoms with E-state index in [0.29, 0.717) is 6.61 Å². The van der Waals surface area contributed by atoms with Crippen molar-refractivity contribution in [1.82, 2.24) is 10.3 Å². The summed E-state index contributed by atoms with van der Waals surface area (Å²) in [6.07, 6.45) is 1.81. The van der Waals surface area contributed by atoms with Gasteiger partial charge in [-0.1, -0.05) is 20.8 Å². The van der Waals surface area contributed by atoms with Crippen LogP contribution in [0.25, 0.3) is 0 Å². The monoisotopic (exact) mass is 266 g/mol. The van der Waals surface area contributed by atoms with Crippen LogP contribution in [0.4, 0.5) is 0 Å². The Hall–Kier alpha value is -1.13. The van der Waals surface area contributed by atoms with Crippen LogP contribution in [0.15, 0.2) is 18.3 Å². The fourth-order valence-corrected chi connectivity index (χ4v) is 2.27. The second-order valence-corrected chi connectivity index (χ2v) is 5.60. The smallest absolute Gasteiger partial charge is 0.142 e. The molecule has 0 spiro atoms. The van der Waals surface area contributed by atoms with E-state index >= 15 is 0 Å². The second kappa shape index (κ2) is 6.87. The number of methoxy groups -OCH3 is 1. The largest absolute Gasteiger partial charge is 0.495 e. The third kappa shape index (κ3) is 3.91. The Morgan fingerprint density at radius 2 is 2.05 bits per heavy atom. The molecule has 108 valence electrons. The summed E-state index contributed by atoms with van der Waals surface area (Å²) in [5, 5.41) is 3.32. The third-order valence-electron chi connectivity index (χ3n) is 3.13. The van der Waals surface area contributed by atoms with Crippen LogP contribution in [0, 0.1) is 5.41 Å². The fraction of sp³-hybridized carbons (Fsp3) is 0.667. The van der Waals surface area contributed by atoms with Gasteiger partial charge in [-0.3, -0.25) is 4.98 Å². The van der Waals surface area contributed by atoms with Gasteiger partial charge >= 0.3 is 0 Å². The van der Waals surface area contributed by atoms with Crippen LogP contribution in [0.3, 0.4) is 0 Å². The average molecular weight is 266 g/mol. The summed E-state index contributed by atoms with van der Waals surface area (Å²) in [4.78, 5) is 4.47. The van der Waals surface area contributed by atoms with Crippen LogP contribution in [0.2, 0.25) is 0 Å². The van der Waals surface area contributed by atoms with Gasteiger partial charge in [-0.2, -0.15) is 0 Å². The van der Waals surface area contributed by atoms with Gasteiger partial charge in [0.1, 0.15) is 11.4 Å². The molecule has 0 aliphatic rings. The van der Waals surface area contributed by atoms with Crippen molar-refractivity contribution in [2.24, 2.45) is 5.41 Å². The van der Waals surface area contributed by atoms with Gasteiger partial charge in [0, 0.05) is 12.8 Å². The van der Waals surface area contributed by atoms with Gasteiger partial charge in [-0.25, -0.2) is 0 Å². The first-order valence-corrected chi connectivity index (χ1v) is 6.73. The van der Waals surface area contributed by atoms with E-state index in [-0.39, 0.29) is 17.6 Å². The van der Waals surface area contributed by atoms with E-state index in [1.165, 1.54) is 0 Å². The average Bonchev–Trinajstić information content (AvgIpc) is 2.38. The van der Waals surface area contributed by atoms with Gasteiger partial charge in [0.15, 0.2) is 0 Å². The molecule has 1 aromatic rings. The zero-order chi connectivity index (χ0) is 14.5. The van der Waals surface area contributed by atoms with E-state index in [1.54, 1.807) is 13.3 Å². The number of likely N-dealkylation sites (N-methyl/N-ethyl adjacent to an activating group) is 1.